The van der Waals surface area contributed by atoms with Crippen molar-refractivity contribution >= 4 is 11.8 Å². The molecule has 0 fully saturated rings. The van der Waals surface area contributed by atoms with Gasteiger partial charge in [-0.3, -0.25) is 0 Å². The van der Waals surface area contributed by atoms with Crippen LogP contribution in [0.15, 0.2) is 23.4 Å². The molecule has 2 atom stereocenters. The summed E-state index contributed by atoms with van der Waals surface area (Å²) < 4.78 is 0. The average Bonchev–Trinajstić information content (AvgIpc) is 2.61. The second-order valence-corrected chi connectivity index (χ2v) is 7.56. The van der Waals surface area contributed by atoms with Crippen LogP contribution in [0.2, 0.25) is 0 Å². The summed E-state index contributed by atoms with van der Waals surface area (Å²) in [7, 11) is 0. The van der Waals surface area contributed by atoms with Crippen molar-refractivity contribution in [3.63, 3.8) is 0 Å². The highest BCUT2D eigenvalue weighted by molar-refractivity contribution is 7.98. The Bertz CT molecular complexity index is 777. The number of benzene rings is 1. The van der Waals surface area contributed by atoms with Crippen LogP contribution in [0.3, 0.4) is 0 Å². The van der Waals surface area contributed by atoms with Gasteiger partial charge in [0.1, 0.15) is 0 Å². The summed E-state index contributed by atoms with van der Waals surface area (Å²) in [6, 6.07) is 6.65. The predicted octanol–water partition coefficient (Wildman–Crippen LogP) is 3.58. The number of hydrogen-bond donors (Lipinski definition) is 2. The van der Waals surface area contributed by atoms with Crippen LogP contribution in [0.1, 0.15) is 59.5 Å². The lowest BCUT2D eigenvalue weighted by atomic mass is 9.76. The SMILES string of the molecule is CSc1nc(O)c2c(n1)CNCC2c1cccc2c1C(C)CCC2. The lowest BCUT2D eigenvalue weighted by molar-refractivity contribution is 0.419. The molecule has 0 bridgehead atoms. The van der Waals surface area contributed by atoms with Crippen LogP contribution in [0.25, 0.3) is 0 Å². The van der Waals surface area contributed by atoms with E-state index >= 15 is 0 Å². The van der Waals surface area contributed by atoms with Crippen molar-refractivity contribution in [2.24, 2.45) is 0 Å². The molecule has 0 amide bonds. The molecular formula is C19H23N3OS. The highest BCUT2D eigenvalue weighted by atomic mass is 32.2. The topological polar surface area (TPSA) is 58.0 Å². The van der Waals surface area contributed by atoms with Crippen LogP contribution in [-0.2, 0) is 13.0 Å². The van der Waals surface area contributed by atoms with E-state index in [9.17, 15) is 5.11 Å². The smallest absolute Gasteiger partial charge is 0.219 e. The van der Waals surface area contributed by atoms with Crippen molar-refractivity contribution in [1.82, 2.24) is 15.3 Å². The quantitative estimate of drug-likeness (QED) is 0.646. The Morgan fingerprint density at radius 1 is 1.25 bits per heavy atom. The standard InChI is InChI=1S/C19H23N3OS/c1-11-5-3-6-12-7-4-8-13(16(11)12)14-9-20-10-15-17(14)18(23)22-19(21-15)24-2/h4,7-8,11,14,20H,3,5-6,9-10H2,1-2H3,(H,21,22,23). The maximum absolute atomic E-state index is 10.6. The molecule has 2 aromatic rings. The first kappa shape index (κ1) is 15.9. The molecule has 4 rings (SSSR count). The van der Waals surface area contributed by atoms with Gasteiger partial charge in [0.25, 0.3) is 0 Å². The number of aromatic hydroxyl groups is 1. The van der Waals surface area contributed by atoms with Gasteiger partial charge in [0, 0.05) is 24.6 Å². The largest absolute Gasteiger partial charge is 0.493 e. The van der Waals surface area contributed by atoms with Crippen molar-refractivity contribution in [1.29, 1.82) is 0 Å². The Labute approximate surface area is 147 Å². The van der Waals surface area contributed by atoms with Crippen molar-refractivity contribution in [3.05, 3.63) is 46.1 Å². The molecule has 126 valence electrons. The highest BCUT2D eigenvalue weighted by Gasteiger charge is 2.31. The van der Waals surface area contributed by atoms with E-state index in [4.69, 9.17) is 0 Å². The average molecular weight is 341 g/mol. The lowest BCUT2D eigenvalue weighted by Crippen LogP contribution is -2.31. The monoisotopic (exact) mass is 341 g/mol. The highest BCUT2D eigenvalue weighted by Crippen LogP contribution is 2.42. The van der Waals surface area contributed by atoms with Crippen LogP contribution in [0.5, 0.6) is 5.88 Å². The minimum absolute atomic E-state index is 0.125. The van der Waals surface area contributed by atoms with Gasteiger partial charge in [-0.25, -0.2) is 4.98 Å². The van der Waals surface area contributed by atoms with Gasteiger partial charge in [-0.1, -0.05) is 36.9 Å². The summed E-state index contributed by atoms with van der Waals surface area (Å²) in [4.78, 5) is 8.92. The van der Waals surface area contributed by atoms with E-state index in [1.54, 1.807) is 0 Å². The van der Waals surface area contributed by atoms with Gasteiger partial charge >= 0.3 is 0 Å². The molecule has 0 saturated heterocycles. The van der Waals surface area contributed by atoms with Gasteiger partial charge in [0.15, 0.2) is 5.16 Å². The fourth-order valence-electron chi connectivity index (χ4n) is 4.26. The second kappa shape index (κ2) is 6.37. The number of aromatic nitrogens is 2. The molecule has 2 aliphatic rings. The molecule has 1 aromatic carbocycles. The van der Waals surface area contributed by atoms with Gasteiger partial charge in [-0.2, -0.15) is 4.98 Å². The molecule has 0 saturated carbocycles. The van der Waals surface area contributed by atoms with Gasteiger partial charge in [-0.15, -0.1) is 0 Å². The third-order valence-electron chi connectivity index (χ3n) is 5.34. The number of aryl methyl sites for hydroxylation is 1. The van der Waals surface area contributed by atoms with Crippen molar-refractivity contribution < 1.29 is 5.11 Å². The molecule has 5 heteroatoms. The second-order valence-electron chi connectivity index (χ2n) is 6.79. The maximum Gasteiger partial charge on any atom is 0.219 e. The normalized spacial score (nSPS) is 22.8. The summed E-state index contributed by atoms with van der Waals surface area (Å²) in [5, 5.41) is 14.7. The van der Waals surface area contributed by atoms with E-state index in [-0.39, 0.29) is 11.8 Å². The Morgan fingerprint density at radius 3 is 2.96 bits per heavy atom. The zero-order chi connectivity index (χ0) is 16.7. The Hall–Kier alpha value is -1.59. The number of rotatable bonds is 2. The van der Waals surface area contributed by atoms with Crippen LogP contribution in [-0.4, -0.2) is 27.9 Å². The van der Waals surface area contributed by atoms with E-state index in [1.165, 1.54) is 41.3 Å². The van der Waals surface area contributed by atoms with E-state index in [0.717, 1.165) is 24.2 Å². The van der Waals surface area contributed by atoms with E-state index in [2.05, 4.69) is 40.4 Å². The van der Waals surface area contributed by atoms with Crippen molar-refractivity contribution in [2.45, 2.75) is 49.7 Å². The first-order valence-electron chi connectivity index (χ1n) is 8.65. The lowest BCUT2D eigenvalue weighted by Gasteiger charge is -2.32. The minimum atomic E-state index is 0.125. The molecule has 2 unspecified atom stereocenters. The zero-order valence-electron chi connectivity index (χ0n) is 14.2. The van der Waals surface area contributed by atoms with E-state index in [0.29, 0.717) is 17.6 Å². The summed E-state index contributed by atoms with van der Waals surface area (Å²) >= 11 is 1.47. The number of nitrogens with one attached hydrogen (secondary N) is 1. The third kappa shape index (κ3) is 2.60. The molecule has 0 radical (unpaired) electrons. The zero-order valence-corrected chi connectivity index (χ0v) is 15.0. The molecule has 0 spiro atoms. The number of hydrogen-bond acceptors (Lipinski definition) is 5. The Balaban J connectivity index is 1.86. The summed E-state index contributed by atoms with van der Waals surface area (Å²) in [5.74, 6) is 0.848. The van der Waals surface area contributed by atoms with Gasteiger partial charge in [-0.05, 0) is 48.1 Å². The van der Waals surface area contributed by atoms with Crippen molar-refractivity contribution in [2.75, 3.05) is 12.8 Å². The van der Waals surface area contributed by atoms with E-state index in [1.807, 2.05) is 6.26 Å². The maximum atomic E-state index is 10.6. The van der Waals surface area contributed by atoms with Crippen LogP contribution in [0.4, 0.5) is 0 Å². The first-order chi connectivity index (χ1) is 11.7. The minimum Gasteiger partial charge on any atom is -0.493 e. The van der Waals surface area contributed by atoms with E-state index < -0.39 is 0 Å². The van der Waals surface area contributed by atoms with Gasteiger partial charge in [0.2, 0.25) is 5.88 Å². The Morgan fingerprint density at radius 2 is 2.12 bits per heavy atom. The summed E-state index contributed by atoms with van der Waals surface area (Å²) in [6.45, 7) is 3.84. The summed E-state index contributed by atoms with van der Waals surface area (Å²) in [6.07, 6.45) is 5.60. The van der Waals surface area contributed by atoms with Crippen LogP contribution < -0.4 is 5.32 Å². The molecule has 2 heterocycles. The number of fused-ring (bicyclic) bond motifs is 2. The fraction of sp³-hybridized carbons (Fsp3) is 0.474. The number of thioether (sulfide) groups is 1. The molecule has 1 aromatic heterocycles. The first-order valence-corrected chi connectivity index (χ1v) is 9.87. The van der Waals surface area contributed by atoms with Crippen molar-refractivity contribution in [3.8, 4) is 5.88 Å². The molecule has 2 N–H and O–H groups in total. The van der Waals surface area contributed by atoms with Crippen LogP contribution >= 0.6 is 11.8 Å². The molecule has 24 heavy (non-hydrogen) atoms. The Kier molecular flexibility index (Phi) is 4.22. The molecule has 1 aliphatic heterocycles. The molecule has 4 nitrogen and oxygen atoms in total. The van der Waals surface area contributed by atoms with Gasteiger partial charge in [0.05, 0.1) is 5.69 Å². The molecular weight excluding hydrogens is 318 g/mol. The van der Waals surface area contributed by atoms with Crippen LogP contribution in [0, 0.1) is 0 Å². The third-order valence-corrected chi connectivity index (χ3v) is 5.89. The molecule has 1 aliphatic carbocycles. The number of nitrogens with zero attached hydrogens (tertiary/aromatic N) is 2. The van der Waals surface area contributed by atoms with Gasteiger partial charge < -0.3 is 10.4 Å². The predicted molar refractivity (Wildman–Crippen MR) is 96.8 cm³/mol. The fourth-order valence-corrected chi connectivity index (χ4v) is 4.64. The summed E-state index contributed by atoms with van der Waals surface area (Å²) in [5.41, 5.74) is 6.14.